The van der Waals surface area contributed by atoms with Crippen molar-refractivity contribution in [3.05, 3.63) is 33.7 Å². The SMILES string of the molecule is Cc1cc2c(CCl)c(Cl)ccc2s1. The van der Waals surface area contributed by atoms with Crippen molar-refractivity contribution in [2.45, 2.75) is 12.8 Å². The highest BCUT2D eigenvalue weighted by atomic mass is 35.5. The molecule has 1 aromatic carbocycles. The molecule has 0 bridgehead atoms. The van der Waals surface area contributed by atoms with Gasteiger partial charge in [-0.1, -0.05) is 11.6 Å². The van der Waals surface area contributed by atoms with Crippen LogP contribution in [0.3, 0.4) is 0 Å². The zero-order valence-electron chi connectivity index (χ0n) is 7.10. The molecule has 68 valence electrons. The lowest BCUT2D eigenvalue weighted by atomic mass is 10.1. The smallest absolute Gasteiger partial charge is 0.0495 e. The second-order valence-corrected chi connectivity index (χ2v) is 4.89. The van der Waals surface area contributed by atoms with Gasteiger partial charge >= 0.3 is 0 Å². The second-order valence-electron chi connectivity index (χ2n) is 2.93. The third kappa shape index (κ3) is 1.56. The van der Waals surface area contributed by atoms with E-state index in [1.807, 2.05) is 12.1 Å². The Labute approximate surface area is 91.1 Å². The van der Waals surface area contributed by atoms with Crippen LogP contribution in [0.15, 0.2) is 18.2 Å². The van der Waals surface area contributed by atoms with Gasteiger partial charge in [-0.15, -0.1) is 22.9 Å². The van der Waals surface area contributed by atoms with Crippen molar-refractivity contribution in [2.75, 3.05) is 0 Å². The number of rotatable bonds is 1. The van der Waals surface area contributed by atoms with Crippen LogP contribution in [0, 0.1) is 6.92 Å². The lowest BCUT2D eigenvalue weighted by Gasteiger charge is -2.00. The highest BCUT2D eigenvalue weighted by Crippen LogP contribution is 2.32. The molecule has 0 N–H and O–H groups in total. The van der Waals surface area contributed by atoms with E-state index in [-0.39, 0.29) is 0 Å². The van der Waals surface area contributed by atoms with E-state index in [1.165, 1.54) is 15.0 Å². The summed E-state index contributed by atoms with van der Waals surface area (Å²) in [6, 6.07) is 6.10. The summed E-state index contributed by atoms with van der Waals surface area (Å²) in [5.74, 6) is 0.479. The summed E-state index contributed by atoms with van der Waals surface area (Å²) >= 11 is 13.6. The Balaban J connectivity index is 2.82. The maximum Gasteiger partial charge on any atom is 0.0495 e. The van der Waals surface area contributed by atoms with Crippen molar-refractivity contribution in [1.29, 1.82) is 0 Å². The molecule has 0 fully saturated rings. The third-order valence-corrected chi connectivity index (χ3v) is 3.65. The van der Waals surface area contributed by atoms with Crippen LogP contribution in [0.25, 0.3) is 10.1 Å². The molecule has 0 aliphatic rings. The fourth-order valence-corrected chi connectivity index (χ4v) is 2.95. The van der Waals surface area contributed by atoms with E-state index >= 15 is 0 Å². The largest absolute Gasteiger partial charge is 0.141 e. The predicted molar refractivity (Wildman–Crippen MR) is 61.1 cm³/mol. The molecule has 0 radical (unpaired) electrons. The van der Waals surface area contributed by atoms with Gasteiger partial charge in [0.25, 0.3) is 0 Å². The molecule has 2 aromatic rings. The number of aryl methyl sites for hydroxylation is 1. The van der Waals surface area contributed by atoms with Crippen molar-refractivity contribution in [3.8, 4) is 0 Å². The summed E-state index contributed by atoms with van der Waals surface area (Å²) in [6.07, 6.45) is 0. The Bertz CT molecular complexity index is 445. The minimum atomic E-state index is 0.479. The first-order valence-corrected chi connectivity index (χ1v) is 5.69. The standard InChI is InChI=1S/C10H8Cl2S/c1-6-4-7-8(5-11)9(12)2-3-10(7)13-6/h2-4H,5H2,1H3. The number of benzene rings is 1. The van der Waals surface area contributed by atoms with Crippen LogP contribution in [0.2, 0.25) is 5.02 Å². The first-order chi connectivity index (χ1) is 6.22. The maximum absolute atomic E-state index is 6.03. The van der Waals surface area contributed by atoms with Gasteiger partial charge < -0.3 is 0 Å². The molecular weight excluding hydrogens is 223 g/mol. The van der Waals surface area contributed by atoms with Gasteiger partial charge in [0, 0.05) is 20.5 Å². The Hall–Kier alpha value is -0.240. The van der Waals surface area contributed by atoms with Crippen LogP contribution in [-0.2, 0) is 5.88 Å². The average molecular weight is 231 g/mol. The van der Waals surface area contributed by atoms with Gasteiger partial charge in [-0.25, -0.2) is 0 Å². The Kier molecular flexibility index (Phi) is 2.50. The van der Waals surface area contributed by atoms with Crippen molar-refractivity contribution < 1.29 is 0 Å². The molecule has 0 aliphatic heterocycles. The van der Waals surface area contributed by atoms with E-state index < -0.39 is 0 Å². The number of hydrogen-bond donors (Lipinski definition) is 0. The van der Waals surface area contributed by atoms with Crippen LogP contribution in [-0.4, -0.2) is 0 Å². The van der Waals surface area contributed by atoms with Gasteiger partial charge in [0.1, 0.15) is 0 Å². The van der Waals surface area contributed by atoms with Gasteiger partial charge in [0.15, 0.2) is 0 Å². The summed E-state index contributed by atoms with van der Waals surface area (Å²) in [5.41, 5.74) is 1.05. The molecule has 0 atom stereocenters. The fraction of sp³-hybridized carbons (Fsp3) is 0.200. The first kappa shape index (κ1) is 9.32. The molecule has 0 spiro atoms. The van der Waals surface area contributed by atoms with Gasteiger partial charge in [0.2, 0.25) is 0 Å². The van der Waals surface area contributed by atoms with Crippen molar-refractivity contribution in [3.63, 3.8) is 0 Å². The molecule has 2 rings (SSSR count). The van der Waals surface area contributed by atoms with Crippen LogP contribution in [0.1, 0.15) is 10.4 Å². The molecule has 0 unspecified atom stereocenters. The van der Waals surface area contributed by atoms with Gasteiger partial charge in [-0.05, 0) is 36.1 Å². The zero-order valence-corrected chi connectivity index (χ0v) is 9.43. The lowest BCUT2D eigenvalue weighted by Crippen LogP contribution is -1.79. The monoisotopic (exact) mass is 230 g/mol. The number of halogens is 2. The zero-order chi connectivity index (χ0) is 9.42. The first-order valence-electron chi connectivity index (χ1n) is 3.96. The summed E-state index contributed by atoms with van der Waals surface area (Å²) in [6.45, 7) is 2.09. The molecule has 13 heavy (non-hydrogen) atoms. The topological polar surface area (TPSA) is 0 Å². The van der Waals surface area contributed by atoms with E-state index in [0.29, 0.717) is 5.88 Å². The number of hydrogen-bond acceptors (Lipinski definition) is 1. The highest BCUT2D eigenvalue weighted by Gasteiger charge is 2.06. The average Bonchev–Trinajstić information content (AvgIpc) is 2.45. The fourth-order valence-electron chi connectivity index (χ4n) is 1.41. The van der Waals surface area contributed by atoms with E-state index in [9.17, 15) is 0 Å². The molecule has 0 amide bonds. The molecule has 0 nitrogen and oxygen atoms in total. The van der Waals surface area contributed by atoms with Crippen molar-refractivity contribution in [2.24, 2.45) is 0 Å². The van der Waals surface area contributed by atoms with E-state index in [0.717, 1.165) is 10.6 Å². The van der Waals surface area contributed by atoms with Gasteiger partial charge in [0.05, 0.1) is 0 Å². The van der Waals surface area contributed by atoms with Crippen molar-refractivity contribution in [1.82, 2.24) is 0 Å². The van der Waals surface area contributed by atoms with Crippen LogP contribution >= 0.6 is 34.5 Å². The normalized spacial score (nSPS) is 11.0. The number of thiophene rings is 1. The Morgan fingerprint density at radius 3 is 2.85 bits per heavy atom. The number of alkyl halides is 1. The molecule has 0 saturated heterocycles. The second kappa shape index (κ2) is 3.49. The summed E-state index contributed by atoms with van der Waals surface area (Å²) in [4.78, 5) is 1.30. The molecule has 0 saturated carbocycles. The Morgan fingerprint density at radius 2 is 2.15 bits per heavy atom. The maximum atomic E-state index is 6.03. The van der Waals surface area contributed by atoms with Crippen LogP contribution < -0.4 is 0 Å². The molecule has 1 heterocycles. The molecule has 0 aliphatic carbocycles. The summed E-state index contributed by atoms with van der Waals surface area (Å²) in [7, 11) is 0. The molecule has 1 aromatic heterocycles. The number of fused-ring (bicyclic) bond motifs is 1. The van der Waals surface area contributed by atoms with Gasteiger partial charge in [-0.3, -0.25) is 0 Å². The van der Waals surface area contributed by atoms with Crippen LogP contribution in [0.4, 0.5) is 0 Å². The quantitative estimate of drug-likeness (QED) is 0.629. The summed E-state index contributed by atoms with van der Waals surface area (Å²) < 4.78 is 1.26. The van der Waals surface area contributed by atoms with Gasteiger partial charge in [-0.2, -0.15) is 0 Å². The highest BCUT2D eigenvalue weighted by molar-refractivity contribution is 7.19. The Morgan fingerprint density at radius 1 is 1.38 bits per heavy atom. The lowest BCUT2D eigenvalue weighted by molar-refractivity contribution is 1.46. The minimum Gasteiger partial charge on any atom is -0.141 e. The van der Waals surface area contributed by atoms with E-state index in [2.05, 4.69) is 13.0 Å². The molecule has 3 heteroatoms. The minimum absolute atomic E-state index is 0.479. The predicted octanol–water partition coefficient (Wildman–Crippen LogP) is 4.60. The summed E-state index contributed by atoms with van der Waals surface area (Å²) in [5, 5.41) is 1.96. The third-order valence-electron chi connectivity index (χ3n) is 2.01. The van der Waals surface area contributed by atoms with Crippen LogP contribution in [0.5, 0.6) is 0 Å². The molecular formula is C10H8Cl2S. The van der Waals surface area contributed by atoms with E-state index in [1.54, 1.807) is 11.3 Å². The van der Waals surface area contributed by atoms with Crippen molar-refractivity contribution >= 4 is 44.6 Å². The van der Waals surface area contributed by atoms with E-state index in [4.69, 9.17) is 23.2 Å².